The summed E-state index contributed by atoms with van der Waals surface area (Å²) in [7, 11) is 3.22. The van der Waals surface area contributed by atoms with Gasteiger partial charge in [0, 0.05) is 19.4 Å². The molecule has 2 N–H and O–H groups in total. The third-order valence-corrected chi connectivity index (χ3v) is 2.73. The normalized spacial score (nSPS) is 10.2. The van der Waals surface area contributed by atoms with Gasteiger partial charge >= 0.3 is 6.03 Å². The van der Waals surface area contributed by atoms with Crippen molar-refractivity contribution in [2.45, 2.75) is 6.54 Å². The maximum Gasteiger partial charge on any atom is 0.319 e. The van der Waals surface area contributed by atoms with Gasteiger partial charge in [0.05, 0.1) is 24.3 Å². The van der Waals surface area contributed by atoms with Crippen LogP contribution in [0.15, 0.2) is 23.1 Å². The minimum absolute atomic E-state index is 0.224. The van der Waals surface area contributed by atoms with Gasteiger partial charge in [0.25, 0.3) is 5.88 Å². The van der Waals surface area contributed by atoms with E-state index in [1.165, 1.54) is 7.11 Å². The summed E-state index contributed by atoms with van der Waals surface area (Å²) in [6, 6.07) is -0.386. The minimum atomic E-state index is -0.386. The zero-order valence-corrected chi connectivity index (χ0v) is 12.5. The Morgan fingerprint density at radius 2 is 2.15 bits per heavy atom. The van der Waals surface area contributed by atoms with Crippen LogP contribution < -0.4 is 15.4 Å². The van der Waals surface area contributed by atoms with Gasteiger partial charge in [0.15, 0.2) is 0 Å². The molecule has 0 saturated heterocycles. The monoisotopic (exact) mass is 340 g/mol. The highest BCUT2D eigenvalue weighted by molar-refractivity contribution is 9.10. The molecule has 0 bridgehead atoms. The molecule has 0 fully saturated rings. The Bertz CT molecular complexity index is 597. The van der Waals surface area contributed by atoms with Crippen LogP contribution in [-0.2, 0) is 13.6 Å². The number of anilines is 1. The number of hydrogen-bond donors (Lipinski definition) is 2. The summed E-state index contributed by atoms with van der Waals surface area (Å²) in [6.07, 6.45) is 4.88. The number of hydrogen-bond acceptors (Lipinski definition) is 5. The Kier molecular flexibility index (Phi) is 4.51. The lowest BCUT2D eigenvalue weighted by atomic mass is 10.5. The van der Waals surface area contributed by atoms with E-state index in [2.05, 4.69) is 41.6 Å². The smallest absolute Gasteiger partial charge is 0.319 e. The maximum atomic E-state index is 11.8. The molecule has 8 nitrogen and oxygen atoms in total. The zero-order valence-electron chi connectivity index (χ0n) is 10.9. The van der Waals surface area contributed by atoms with Crippen molar-refractivity contribution in [3.63, 3.8) is 0 Å². The van der Waals surface area contributed by atoms with Gasteiger partial charge in [-0.3, -0.25) is 4.68 Å². The van der Waals surface area contributed by atoms with Gasteiger partial charge in [-0.1, -0.05) is 0 Å². The molecule has 0 saturated carbocycles. The molecule has 2 aromatic heterocycles. The second kappa shape index (κ2) is 6.33. The molecule has 0 aliphatic rings. The second-order valence-corrected chi connectivity index (χ2v) is 4.77. The molecule has 2 amide bonds. The van der Waals surface area contributed by atoms with Gasteiger partial charge in [-0.2, -0.15) is 0 Å². The summed E-state index contributed by atoms with van der Waals surface area (Å²) >= 11 is 3.24. The molecule has 0 aromatic carbocycles. The number of nitrogens with one attached hydrogen (secondary N) is 2. The van der Waals surface area contributed by atoms with Crippen LogP contribution in [0, 0.1) is 0 Å². The molecule has 0 radical (unpaired) electrons. The molecule has 2 heterocycles. The third kappa shape index (κ3) is 3.67. The van der Waals surface area contributed by atoms with E-state index in [-0.39, 0.29) is 12.6 Å². The number of nitrogens with zero attached hydrogens (tertiary/aromatic N) is 4. The lowest BCUT2D eigenvalue weighted by Crippen LogP contribution is -2.28. The summed E-state index contributed by atoms with van der Waals surface area (Å²) < 4.78 is 7.37. The van der Waals surface area contributed by atoms with Gasteiger partial charge in [-0.05, 0) is 15.9 Å². The van der Waals surface area contributed by atoms with Crippen molar-refractivity contribution in [1.82, 2.24) is 25.1 Å². The Hall–Kier alpha value is -2.16. The molecule has 0 unspecified atom stereocenters. The number of urea groups is 1. The summed E-state index contributed by atoms with van der Waals surface area (Å²) in [4.78, 5) is 19.9. The quantitative estimate of drug-likeness (QED) is 0.874. The summed E-state index contributed by atoms with van der Waals surface area (Å²) in [5, 5.41) is 9.32. The van der Waals surface area contributed by atoms with Gasteiger partial charge in [-0.15, -0.1) is 5.10 Å². The molecule has 0 spiro atoms. The van der Waals surface area contributed by atoms with E-state index < -0.39 is 0 Å². The zero-order chi connectivity index (χ0) is 14.5. The molecule has 0 aliphatic heterocycles. The first-order valence-corrected chi connectivity index (χ1v) is 6.46. The number of rotatable bonds is 4. The molecular formula is C11H13BrN6O2. The standard InChI is InChI=1S/C11H13BrN6O2/c1-18-6-8(10(17-18)20-2)16-11(19)15-5-9-13-3-7(12)4-14-9/h3-4,6H,5H2,1-2H3,(H2,15,16,19). The van der Waals surface area contributed by atoms with Crippen molar-refractivity contribution in [2.75, 3.05) is 12.4 Å². The van der Waals surface area contributed by atoms with Crippen molar-refractivity contribution >= 4 is 27.6 Å². The van der Waals surface area contributed by atoms with E-state index >= 15 is 0 Å². The molecular weight excluding hydrogens is 328 g/mol. The van der Waals surface area contributed by atoms with E-state index in [0.29, 0.717) is 17.4 Å². The Morgan fingerprint density at radius 3 is 2.80 bits per heavy atom. The summed E-state index contributed by atoms with van der Waals surface area (Å²) in [5.74, 6) is 0.865. The van der Waals surface area contributed by atoms with Crippen molar-refractivity contribution in [3.8, 4) is 5.88 Å². The first-order chi connectivity index (χ1) is 9.58. The second-order valence-electron chi connectivity index (χ2n) is 3.85. The van der Waals surface area contributed by atoms with Gasteiger partial charge in [-0.25, -0.2) is 14.8 Å². The van der Waals surface area contributed by atoms with Gasteiger partial charge in [0.2, 0.25) is 0 Å². The number of aryl methyl sites for hydroxylation is 1. The molecule has 106 valence electrons. The Labute approximate surface area is 123 Å². The molecule has 0 atom stereocenters. The first-order valence-electron chi connectivity index (χ1n) is 5.67. The number of amides is 2. The highest BCUT2D eigenvalue weighted by atomic mass is 79.9. The number of methoxy groups -OCH3 is 1. The van der Waals surface area contributed by atoms with Crippen molar-refractivity contribution in [1.29, 1.82) is 0 Å². The van der Waals surface area contributed by atoms with Gasteiger partial charge in [0.1, 0.15) is 11.5 Å². The SMILES string of the molecule is COc1nn(C)cc1NC(=O)NCc1ncc(Br)cn1. The number of halogens is 1. The van der Waals surface area contributed by atoms with Crippen LogP contribution in [0.2, 0.25) is 0 Å². The first kappa shape index (κ1) is 14.3. The lowest BCUT2D eigenvalue weighted by Gasteiger charge is -2.06. The average molecular weight is 341 g/mol. The highest BCUT2D eigenvalue weighted by Gasteiger charge is 2.11. The van der Waals surface area contributed by atoms with Crippen molar-refractivity contribution in [2.24, 2.45) is 7.05 Å². The fourth-order valence-electron chi connectivity index (χ4n) is 1.46. The van der Waals surface area contributed by atoms with Crippen LogP contribution in [0.25, 0.3) is 0 Å². The number of aromatic nitrogens is 4. The Balaban J connectivity index is 1.90. The predicted molar refractivity (Wildman–Crippen MR) is 75.4 cm³/mol. The third-order valence-electron chi connectivity index (χ3n) is 2.32. The van der Waals surface area contributed by atoms with Crippen molar-refractivity contribution in [3.05, 3.63) is 28.9 Å². The molecule has 9 heteroatoms. The summed E-state index contributed by atoms with van der Waals surface area (Å²) in [6.45, 7) is 0.224. The van der Waals surface area contributed by atoms with E-state index in [0.717, 1.165) is 4.47 Å². The largest absolute Gasteiger partial charge is 0.478 e. The van der Waals surface area contributed by atoms with Crippen molar-refractivity contribution < 1.29 is 9.53 Å². The number of ether oxygens (including phenoxy) is 1. The van der Waals surface area contributed by atoms with Crippen LogP contribution in [0.3, 0.4) is 0 Å². The van der Waals surface area contributed by atoms with Gasteiger partial charge < -0.3 is 15.4 Å². The molecule has 0 aliphatic carbocycles. The molecule has 2 aromatic rings. The molecule has 2 rings (SSSR count). The lowest BCUT2D eigenvalue weighted by molar-refractivity contribution is 0.251. The van der Waals surface area contributed by atoms with E-state index in [9.17, 15) is 4.79 Å². The highest BCUT2D eigenvalue weighted by Crippen LogP contribution is 2.20. The molecule has 20 heavy (non-hydrogen) atoms. The van der Waals surface area contributed by atoms with Crippen LogP contribution in [0.4, 0.5) is 10.5 Å². The van der Waals surface area contributed by atoms with E-state index in [1.54, 1.807) is 30.3 Å². The van der Waals surface area contributed by atoms with Crippen LogP contribution in [-0.4, -0.2) is 32.9 Å². The predicted octanol–water partition coefficient (Wildman–Crippen LogP) is 1.30. The van der Waals surface area contributed by atoms with E-state index in [1.807, 2.05) is 0 Å². The minimum Gasteiger partial charge on any atom is -0.478 e. The fourth-order valence-corrected chi connectivity index (χ4v) is 1.67. The number of carbonyl (C=O) groups excluding carboxylic acids is 1. The maximum absolute atomic E-state index is 11.8. The average Bonchev–Trinajstić information content (AvgIpc) is 2.78. The summed E-state index contributed by atoms with van der Waals surface area (Å²) in [5.41, 5.74) is 0.490. The Morgan fingerprint density at radius 1 is 1.45 bits per heavy atom. The van der Waals surface area contributed by atoms with Crippen LogP contribution >= 0.6 is 15.9 Å². The fraction of sp³-hybridized carbons (Fsp3) is 0.273. The topological polar surface area (TPSA) is 94.0 Å². The van der Waals surface area contributed by atoms with E-state index in [4.69, 9.17) is 4.74 Å². The van der Waals surface area contributed by atoms with Crippen LogP contribution in [0.5, 0.6) is 5.88 Å². The van der Waals surface area contributed by atoms with Crippen LogP contribution in [0.1, 0.15) is 5.82 Å². The number of carbonyl (C=O) groups is 1.